The minimum Gasteiger partial charge on any atom is -0.399 e. The van der Waals surface area contributed by atoms with Gasteiger partial charge in [0.1, 0.15) is 0 Å². The standard InChI is InChI=1S/C21H34BNO4S/c1-19(2,3)18-13-8-9-14-23(18)28(24,25)17-12-10-11-16(15-17)22-26-20(4,5)21(6,7)27-22/h10-12,15,18H,8-9,13-14H2,1-7H3. The molecule has 28 heavy (non-hydrogen) atoms. The molecule has 2 aliphatic heterocycles. The van der Waals surface area contributed by atoms with Crippen molar-refractivity contribution in [3.63, 3.8) is 0 Å². The smallest absolute Gasteiger partial charge is 0.399 e. The molecule has 156 valence electrons. The van der Waals surface area contributed by atoms with Crippen LogP contribution < -0.4 is 5.46 Å². The molecular formula is C21H34BNO4S. The Labute approximate surface area is 171 Å². The van der Waals surface area contributed by atoms with E-state index in [1.165, 1.54) is 0 Å². The highest BCUT2D eigenvalue weighted by atomic mass is 32.2. The molecule has 1 aromatic carbocycles. The number of piperidine rings is 1. The molecular weight excluding hydrogens is 373 g/mol. The Morgan fingerprint density at radius 2 is 1.68 bits per heavy atom. The van der Waals surface area contributed by atoms with Crippen molar-refractivity contribution in [2.45, 2.75) is 89.9 Å². The molecule has 0 bridgehead atoms. The molecule has 1 unspecified atom stereocenters. The van der Waals surface area contributed by atoms with Crippen molar-refractivity contribution in [2.24, 2.45) is 5.41 Å². The Morgan fingerprint density at radius 3 is 2.25 bits per heavy atom. The molecule has 2 heterocycles. The second kappa shape index (κ2) is 7.12. The van der Waals surface area contributed by atoms with E-state index in [0.29, 0.717) is 11.4 Å². The molecule has 1 aromatic rings. The van der Waals surface area contributed by atoms with Crippen molar-refractivity contribution in [1.29, 1.82) is 0 Å². The molecule has 7 heteroatoms. The number of rotatable bonds is 3. The summed E-state index contributed by atoms with van der Waals surface area (Å²) in [6, 6.07) is 7.05. The van der Waals surface area contributed by atoms with E-state index in [0.717, 1.165) is 24.7 Å². The van der Waals surface area contributed by atoms with Crippen LogP contribution in [0, 0.1) is 5.41 Å². The third-order valence-electron chi connectivity index (χ3n) is 6.44. The van der Waals surface area contributed by atoms with Gasteiger partial charge < -0.3 is 9.31 Å². The normalized spacial score (nSPS) is 25.8. The van der Waals surface area contributed by atoms with Gasteiger partial charge in [-0.1, -0.05) is 39.3 Å². The lowest BCUT2D eigenvalue weighted by Gasteiger charge is -2.42. The fourth-order valence-corrected chi connectivity index (χ4v) is 5.93. The van der Waals surface area contributed by atoms with Crippen LogP contribution in [0.3, 0.4) is 0 Å². The van der Waals surface area contributed by atoms with Gasteiger partial charge in [-0.15, -0.1) is 0 Å². The van der Waals surface area contributed by atoms with E-state index in [-0.39, 0.29) is 11.5 Å². The maximum absolute atomic E-state index is 13.5. The SMILES string of the molecule is CC(C)(C)C1CCCCN1S(=O)(=O)c1cccc(B2OC(C)(C)C(C)(C)O2)c1. The molecule has 5 nitrogen and oxygen atoms in total. The highest BCUT2D eigenvalue weighted by molar-refractivity contribution is 7.89. The molecule has 0 aromatic heterocycles. The summed E-state index contributed by atoms with van der Waals surface area (Å²) in [5, 5.41) is 0. The Kier molecular flexibility index (Phi) is 5.54. The summed E-state index contributed by atoms with van der Waals surface area (Å²) in [6.07, 6.45) is 2.88. The zero-order chi connectivity index (χ0) is 21.0. The van der Waals surface area contributed by atoms with Gasteiger partial charge in [-0.3, -0.25) is 0 Å². The number of sulfonamides is 1. The van der Waals surface area contributed by atoms with Crippen molar-refractivity contribution in [3.05, 3.63) is 24.3 Å². The Bertz CT molecular complexity index is 813. The Morgan fingerprint density at radius 1 is 1.07 bits per heavy atom. The summed E-state index contributed by atoms with van der Waals surface area (Å²) in [5.41, 5.74) is -0.284. The van der Waals surface area contributed by atoms with Gasteiger partial charge in [0.2, 0.25) is 10.0 Å². The van der Waals surface area contributed by atoms with Crippen LogP contribution in [0.1, 0.15) is 67.7 Å². The minimum absolute atomic E-state index is 0.00625. The zero-order valence-corrected chi connectivity index (χ0v) is 19.1. The maximum Gasteiger partial charge on any atom is 0.494 e. The average Bonchev–Trinajstić information content (AvgIpc) is 2.82. The van der Waals surface area contributed by atoms with E-state index < -0.39 is 28.3 Å². The summed E-state index contributed by atoms with van der Waals surface area (Å²) >= 11 is 0. The summed E-state index contributed by atoms with van der Waals surface area (Å²) in [5.74, 6) is 0. The number of benzene rings is 1. The summed E-state index contributed by atoms with van der Waals surface area (Å²) in [6.45, 7) is 14.9. The molecule has 0 amide bonds. The second-order valence-corrected chi connectivity index (χ2v) is 12.0. The molecule has 3 rings (SSSR count). The van der Waals surface area contributed by atoms with E-state index in [4.69, 9.17) is 9.31 Å². The van der Waals surface area contributed by atoms with E-state index in [1.54, 1.807) is 22.5 Å². The Balaban J connectivity index is 1.93. The molecule has 0 radical (unpaired) electrons. The number of hydrogen-bond donors (Lipinski definition) is 0. The van der Waals surface area contributed by atoms with Crippen molar-refractivity contribution in [3.8, 4) is 0 Å². The first kappa shape index (κ1) is 21.8. The van der Waals surface area contributed by atoms with Gasteiger partial charge in [-0.25, -0.2) is 8.42 Å². The van der Waals surface area contributed by atoms with E-state index in [1.807, 2.05) is 33.8 Å². The molecule has 2 fully saturated rings. The Hall–Kier alpha value is -0.885. The fourth-order valence-electron chi connectivity index (χ4n) is 3.99. The molecule has 0 N–H and O–H groups in total. The molecule has 1 atom stereocenters. The van der Waals surface area contributed by atoms with Gasteiger partial charge in [0.15, 0.2) is 0 Å². The second-order valence-electron chi connectivity index (χ2n) is 10.2. The van der Waals surface area contributed by atoms with Gasteiger partial charge in [-0.2, -0.15) is 4.31 Å². The van der Waals surface area contributed by atoms with Crippen LogP contribution in [0.5, 0.6) is 0 Å². The summed E-state index contributed by atoms with van der Waals surface area (Å²) in [4.78, 5) is 0.316. The third-order valence-corrected chi connectivity index (χ3v) is 8.35. The van der Waals surface area contributed by atoms with Crippen LogP contribution in [0.4, 0.5) is 0 Å². The van der Waals surface area contributed by atoms with Crippen molar-refractivity contribution < 1.29 is 17.7 Å². The highest BCUT2D eigenvalue weighted by Crippen LogP contribution is 2.37. The van der Waals surface area contributed by atoms with Gasteiger partial charge in [0.05, 0.1) is 16.1 Å². The fraction of sp³-hybridized carbons (Fsp3) is 0.714. The number of nitrogens with zero attached hydrogens (tertiary/aromatic N) is 1. The lowest BCUT2D eigenvalue weighted by Crippen LogP contribution is -2.50. The van der Waals surface area contributed by atoms with Crippen LogP contribution in [0.2, 0.25) is 0 Å². The van der Waals surface area contributed by atoms with Crippen LogP contribution >= 0.6 is 0 Å². The van der Waals surface area contributed by atoms with Gasteiger partial charge in [0, 0.05) is 12.6 Å². The van der Waals surface area contributed by atoms with Gasteiger partial charge >= 0.3 is 7.12 Å². The van der Waals surface area contributed by atoms with Gasteiger partial charge in [-0.05, 0) is 63.5 Å². The molecule has 0 saturated carbocycles. The molecule has 0 aliphatic carbocycles. The van der Waals surface area contributed by atoms with Crippen molar-refractivity contribution in [1.82, 2.24) is 4.31 Å². The summed E-state index contributed by atoms with van der Waals surface area (Å²) < 4.78 is 40.9. The molecule has 2 saturated heterocycles. The summed E-state index contributed by atoms with van der Waals surface area (Å²) in [7, 11) is -4.15. The quantitative estimate of drug-likeness (QED) is 0.719. The van der Waals surface area contributed by atoms with Crippen molar-refractivity contribution >= 4 is 22.6 Å². The van der Waals surface area contributed by atoms with E-state index in [2.05, 4.69) is 20.8 Å². The van der Waals surface area contributed by atoms with Crippen LogP contribution in [-0.4, -0.2) is 43.6 Å². The van der Waals surface area contributed by atoms with Crippen molar-refractivity contribution in [2.75, 3.05) is 6.54 Å². The van der Waals surface area contributed by atoms with Crippen LogP contribution in [0.25, 0.3) is 0 Å². The maximum atomic E-state index is 13.5. The predicted octanol–water partition coefficient (Wildman–Crippen LogP) is 3.58. The van der Waals surface area contributed by atoms with E-state index in [9.17, 15) is 8.42 Å². The van der Waals surface area contributed by atoms with E-state index >= 15 is 0 Å². The topological polar surface area (TPSA) is 55.8 Å². The minimum atomic E-state index is -3.58. The van der Waals surface area contributed by atoms with Gasteiger partial charge in [0.25, 0.3) is 0 Å². The largest absolute Gasteiger partial charge is 0.494 e. The third kappa shape index (κ3) is 3.91. The first-order chi connectivity index (χ1) is 12.8. The van der Waals surface area contributed by atoms with Crippen LogP contribution in [0.15, 0.2) is 29.2 Å². The first-order valence-corrected chi connectivity index (χ1v) is 11.7. The van der Waals surface area contributed by atoms with Crippen LogP contribution in [-0.2, 0) is 19.3 Å². The molecule has 2 aliphatic rings. The first-order valence-electron chi connectivity index (χ1n) is 10.2. The highest BCUT2D eigenvalue weighted by Gasteiger charge is 2.52. The molecule has 0 spiro atoms. The lowest BCUT2D eigenvalue weighted by atomic mass is 9.79. The average molecular weight is 407 g/mol. The monoisotopic (exact) mass is 407 g/mol. The zero-order valence-electron chi connectivity index (χ0n) is 18.3. The predicted molar refractivity (Wildman–Crippen MR) is 113 cm³/mol. The lowest BCUT2D eigenvalue weighted by molar-refractivity contribution is 0.00578. The number of hydrogen-bond acceptors (Lipinski definition) is 4.